The molecule has 0 atom stereocenters. The first-order valence-corrected chi connectivity index (χ1v) is 5.08. The van der Waals surface area contributed by atoms with Crippen LogP contribution in [0.15, 0.2) is 16.7 Å². The van der Waals surface area contributed by atoms with Crippen LogP contribution >= 0.6 is 0 Å². The van der Waals surface area contributed by atoms with Gasteiger partial charge in [-0.2, -0.15) is 0 Å². The number of ether oxygens (including phenoxy) is 1. The Morgan fingerprint density at radius 2 is 2.36 bits per heavy atom. The molecule has 0 bridgehead atoms. The fourth-order valence-electron chi connectivity index (χ4n) is 2.09. The van der Waals surface area contributed by atoms with Gasteiger partial charge in [0.05, 0.1) is 12.9 Å². The molecule has 1 heterocycles. The van der Waals surface area contributed by atoms with Crippen molar-refractivity contribution in [1.29, 1.82) is 0 Å². The molecule has 78 valence electrons. The van der Waals surface area contributed by atoms with Crippen LogP contribution in [0.1, 0.15) is 30.6 Å². The van der Waals surface area contributed by atoms with Gasteiger partial charge in [0.25, 0.3) is 0 Å². The van der Waals surface area contributed by atoms with E-state index in [9.17, 15) is 0 Å². The molecule has 2 rings (SSSR count). The second kappa shape index (κ2) is 3.75. The fraction of sp³-hybridized carbons (Fsp3) is 0.636. The van der Waals surface area contributed by atoms with E-state index in [1.54, 1.807) is 13.4 Å². The molecule has 1 aromatic heterocycles. The van der Waals surface area contributed by atoms with Crippen LogP contribution in [0.3, 0.4) is 0 Å². The van der Waals surface area contributed by atoms with Crippen molar-refractivity contribution >= 4 is 0 Å². The Hall–Kier alpha value is -0.800. The maximum absolute atomic E-state index is 5.61. The second-order valence-corrected chi connectivity index (χ2v) is 4.03. The van der Waals surface area contributed by atoms with E-state index in [1.165, 1.54) is 18.4 Å². The van der Waals surface area contributed by atoms with Crippen LogP contribution in [-0.2, 0) is 16.8 Å². The van der Waals surface area contributed by atoms with Gasteiger partial charge in [-0.1, -0.05) is 0 Å². The normalized spacial score (nSPS) is 18.4. The third-order valence-electron chi connectivity index (χ3n) is 3.00. The number of nitrogens with two attached hydrogens (primary N) is 1. The molecule has 0 saturated heterocycles. The predicted molar refractivity (Wildman–Crippen MR) is 54.0 cm³/mol. The standard InChI is InChI=1S/C11H17NO2/c1-13-8-9-2-7-14-10(9)11(3-4-11)5-6-12/h2,7H,3-6,8,12H2,1H3. The van der Waals surface area contributed by atoms with Gasteiger partial charge in [-0.25, -0.2) is 0 Å². The Morgan fingerprint density at radius 1 is 1.57 bits per heavy atom. The maximum atomic E-state index is 5.61. The van der Waals surface area contributed by atoms with Crippen molar-refractivity contribution in [3.8, 4) is 0 Å². The number of methoxy groups -OCH3 is 1. The predicted octanol–water partition coefficient (Wildman–Crippen LogP) is 1.81. The third-order valence-corrected chi connectivity index (χ3v) is 3.00. The minimum atomic E-state index is 0.242. The molecule has 0 radical (unpaired) electrons. The fourth-order valence-corrected chi connectivity index (χ4v) is 2.09. The first-order chi connectivity index (χ1) is 6.82. The lowest BCUT2D eigenvalue weighted by Crippen LogP contribution is -2.14. The van der Waals surface area contributed by atoms with Crippen LogP contribution in [0.5, 0.6) is 0 Å². The molecular formula is C11H17NO2. The maximum Gasteiger partial charge on any atom is 0.115 e. The van der Waals surface area contributed by atoms with Crippen LogP contribution in [0, 0.1) is 0 Å². The highest BCUT2D eigenvalue weighted by Gasteiger charge is 2.47. The van der Waals surface area contributed by atoms with Crippen LogP contribution in [0.4, 0.5) is 0 Å². The molecule has 3 heteroatoms. The molecule has 0 aromatic carbocycles. The van der Waals surface area contributed by atoms with Crippen molar-refractivity contribution in [2.24, 2.45) is 5.73 Å². The second-order valence-electron chi connectivity index (χ2n) is 4.03. The zero-order valence-electron chi connectivity index (χ0n) is 8.58. The van der Waals surface area contributed by atoms with E-state index in [0.29, 0.717) is 6.61 Å². The summed E-state index contributed by atoms with van der Waals surface area (Å²) in [5.41, 5.74) is 7.03. The lowest BCUT2D eigenvalue weighted by molar-refractivity contribution is 0.182. The number of furan rings is 1. The number of hydrogen-bond acceptors (Lipinski definition) is 3. The largest absolute Gasteiger partial charge is 0.468 e. The van der Waals surface area contributed by atoms with E-state index < -0.39 is 0 Å². The van der Waals surface area contributed by atoms with Gasteiger partial charge in [0.15, 0.2) is 0 Å². The highest BCUT2D eigenvalue weighted by molar-refractivity contribution is 5.30. The van der Waals surface area contributed by atoms with Gasteiger partial charge < -0.3 is 14.9 Å². The molecule has 14 heavy (non-hydrogen) atoms. The number of rotatable bonds is 5. The van der Waals surface area contributed by atoms with Crippen LogP contribution < -0.4 is 5.73 Å². The van der Waals surface area contributed by atoms with Gasteiger partial charge in [-0.15, -0.1) is 0 Å². The van der Waals surface area contributed by atoms with E-state index in [-0.39, 0.29) is 5.41 Å². The van der Waals surface area contributed by atoms with Gasteiger partial charge in [0.2, 0.25) is 0 Å². The van der Waals surface area contributed by atoms with Crippen molar-refractivity contribution in [2.45, 2.75) is 31.3 Å². The topological polar surface area (TPSA) is 48.4 Å². The SMILES string of the molecule is COCc1ccoc1C1(CCN)CC1. The Morgan fingerprint density at radius 3 is 2.93 bits per heavy atom. The molecule has 0 amide bonds. The molecule has 1 saturated carbocycles. The first-order valence-electron chi connectivity index (χ1n) is 5.08. The summed E-state index contributed by atoms with van der Waals surface area (Å²) in [4.78, 5) is 0. The van der Waals surface area contributed by atoms with Gasteiger partial charge in [-0.3, -0.25) is 0 Å². The molecular weight excluding hydrogens is 178 g/mol. The van der Waals surface area contributed by atoms with E-state index in [2.05, 4.69) is 0 Å². The summed E-state index contributed by atoms with van der Waals surface area (Å²) in [6.45, 7) is 1.37. The smallest absolute Gasteiger partial charge is 0.115 e. The molecule has 0 aliphatic heterocycles. The van der Waals surface area contributed by atoms with Crippen LogP contribution in [-0.4, -0.2) is 13.7 Å². The molecule has 1 aliphatic rings. The lowest BCUT2D eigenvalue weighted by atomic mass is 9.96. The monoisotopic (exact) mass is 195 g/mol. The first kappa shape index (κ1) is 9.74. The van der Waals surface area contributed by atoms with Crippen molar-refractivity contribution in [2.75, 3.05) is 13.7 Å². The van der Waals surface area contributed by atoms with E-state index >= 15 is 0 Å². The highest BCUT2D eigenvalue weighted by atomic mass is 16.5. The van der Waals surface area contributed by atoms with Crippen molar-refractivity contribution < 1.29 is 9.15 Å². The van der Waals surface area contributed by atoms with E-state index in [0.717, 1.165) is 18.7 Å². The van der Waals surface area contributed by atoms with Crippen molar-refractivity contribution in [3.63, 3.8) is 0 Å². The molecule has 1 fully saturated rings. The lowest BCUT2D eigenvalue weighted by Gasteiger charge is -2.12. The van der Waals surface area contributed by atoms with Crippen LogP contribution in [0.25, 0.3) is 0 Å². The zero-order chi connectivity index (χ0) is 10.0. The molecule has 0 unspecified atom stereocenters. The summed E-state index contributed by atoms with van der Waals surface area (Å²) in [6.07, 6.45) is 5.18. The van der Waals surface area contributed by atoms with Crippen molar-refractivity contribution in [1.82, 2.24) is 0 Å². The summed E-state index contributed by atoms with van der Waals surface area (Å²) in [5, 5.41) is 0. The molecule has 1 aliphatic carbocycles. The van der Waals surface area contributed by atoms with Gasteiger partial charge in [0.1, 0.15) is 5.76 Å². The molecule has 0 spiro atoms. The van der Waals surface area contributed by atoms with E-state index in [4.69, 9.17) is 14.9 Å². The minimum Gasteiger partial charge on any atom is -0.468 e. The van der Waals surface area contributed by atoms with E-state index in [1.807, 2.05) is 6.07 Å². The summed E-state index contributed by atoms with van der Waals surface area (Å²) >= 11 is 0. The summed E-state index contributed by atoms with van der Waals surface area (Å²) in [7, 11) is 1.71. The summed E-state index contributed by atoms with van der Waals surface area (Å²) in [5.74, 6) is 1.10. The van der Waals surface area contributed by atoms with Crippen LogP contribution in [0.2, 0.25) is 0 Å². The average molecular weight is 195 g/mol. The van der Waals surface area contributed by atoms with Gasteiger partial charge >= 0.3 is 0 Å². The van der Waals surface area contributed by atoms with Crippen molar-refractivity contribution in [3.05, 3.63) is 23.7 Å². The third kappa shape index (κ3) is 1.57. The summed E-state index contributed by atoms with van der Waals surface area (Å²) in [6, 6.07) is 2.00. The number of hydrogen-bond donors (Lipinski definition) is 1. The average Bonchev–Trinajstić information content (AvgIpc) is 2.78. The molecule has 3 nitrogen and oxygen atoms in total. The molecule has 2 N–H and O–H groups in total. The minimum absolute atomic E-state index is 0.242. The summed E-state index contributed by atoms with van der Waals surface area (Å²) < 4.78 is 10.7. The Bertz CT molecular complexity index is 302. The molecule has 1 aromatic rings. The van der Waals surface area contributed by atoms with Gasteiger partial charge in [-0.05, 0) is 31.9 Å². The van der Waals surface area contributed by atoms with Gasteiger partial charge in [0, 0.05) is 18.1 Å². The Kier molecular flexibility index (Phi) is 2.61. The Labute approximate surface area is 84.2 Å². The zero-order valence-corrected chi connectivity index (χ0v) is 8.58. The quantitative estimate of drug-likeness (QED) is 0.779. The Balaban J connectivity index is 2.18. The highest BCUT2D eigenvalue weighted by Crippen LogP contribution is 2.52.